The minimum absolute atomic E-state index is 0.128. The summed E-state index contributed by atoms with van der Waals surface area (Å²) in [6.45, 7) is 5.21. The van der Waals surface area contributed by atoms with Crippen molar-refractivity contribution in [3.8, 4) is 0 Å². The smallest absolute Gasteiger partial charge is 0.241 e. The van der Waals surface area contributed by atoms with Gasteiger partial charge < -0.3 is 15.5 Å². The average molecular weight is 287 g/mol. The first-order chi connectivity index (χ1) is 10.1. The van der Waals surface area contributed by atoms with Crippen molar-refractivity contribution in [3.05, 3.63) is 35.4 Å². The number of carbonyl (C=O) groups is 1. The number of likely N-dealkylation sites (tertiary alicyclic amines) is 1. The molecule has 1 saturated heterocycles. The summed E-state index contributed by atoms with van der Waals surface area (Å²) >= 11 is 0. The van der Waals surface area contributed by atoms with E-state index in [9.17, 15) is 4.79 Å². The van der Waals surface area contributed by atoms with Crippen molar-refractivity contribution in [2.75, 3.05) is 26.7 Å². The number of hydrogen-bond acceptors (Lipinski definition) is 3. The first-order valence-corrected chi connectivity index (χ1v) is 7.95. The predicted octanol–water partition coefficient (Wildman–Crippen LogP) is 1.33. The highest BCUT2D eigenvalue weighted by molar-refractivity contribution is 5.84. The van der Waals surface area contributed by atoms with E-state index >= 15 is 0 Å². The first kappa shape index (κ1) is 14.5. The third-order valence-electron chi connectivity index (χ3n) is 4.81. The molecule has 3 rings (SSSR count). The number of nitrogens with one attached hydrogen (secondary N) is 2. The van der Waals surface area contributed by atoms with Gasteiger partial charge in [0, 0.05) is 19.1 Å². The van der Waals surface area contributed by atoms with Gasteiger partial charge in [0.1, 0.15) is 6.04 Å². The number of benzene rings is 1. The molecule has 3 unspecified atom stereocenters. The van der Waals surface area contributed by atoms with Crippen LogP contribution in [0.4, 0.5) is 0 Å². The molecule has 4 nitrogen and oxygen atoms in total. The van der Waals surface area contributed by atoms with Crippen LogP contribution in [0.15, 0.2) is 24.3 Å². The average Bonchev–Trinajstić information content (AvgIpc) is 2.49. The zero-order valence-electron chi connectivity index (χ0n) is 12.9. The van der Waals surface area contributed by atoms with Crippen LogP contribution in [-0.4, -0.2) is 43.5 Å². The highest BCUT2D eigenvalue weighted by Gasteiger charge is 2.30. The fourth-order valence-corrected chi connectivity index (χ4v) is 3.57. The van der Waals surface area contributed by atoms with Gasteiger partial charge in [-0.05, 0) is 43.5 Å². The molecule has 2 aliphatic rings. The number of nitrogens with zero attached hydrogens (tertiary/aromatic N) is 1. The lowest BCUT2D eigenvalue weighted by atomic mass is 9.91. The summed E-state index contributed by atoms with van der Waals surface area (Å²) in [7, 11) is 2.15. The fourth-order valence-electron chi connectivity index (χ4n) is 3.57. The molecule has 4 heteroatoms. The monoisotopic (exact) mass is 287 g/mol. The van der Waals surface area contributed by atoms with Crippen LogP contribution < -0.4 is 10.6 Å². The minimum atomic E-state index is -0.193. The molecule has 1 aromatic carbocycles. The predicted molar refractivity (Wildman–Crippen MR) is 84.1 cm³/mol. The second-order valence-corrected chi connectivity index (χ2v) is 6.48. The van der Waals surface area contributed by atoms with Gasteiger partial charge in [-0.1, -0.05) is 31.2 Å². The van der Waals surface area contributed by atoms with Crippen molar-refractivity contribution in [2.24, 2.45) is 5.92 Å². The Balaban J connectivity index is 1.69. The molecule has 2 heterocycles. The zero-order chi connectivity index (χ0) is 14.8. The molecule has 0 bridgehead atoms. The number of amides is 1. The Labute approximate surface area is 126 Å². The summed E-state index contributed by atoms with van der Waals surface area (Å²) in [5.74, 6) is 0.634. The summed E-state index contributed by atoms with van der Waals surface area (Å²) in [5.41, 5.74) is 2.44. The molecular formula is C17H25N3O. The standard InChI is InChI=1S/C17H25N3O/c1-12-11-20(2)10-8-15(12)19-17(21)16-14-6-4-3-5-13(14)7-9-18-16/h3-6,12,15-16,18H,7-11H2,1-2H3,(H,19,21). The first-order valence-electron chi connectivity index (χ1n) is 7.95. The van der Waals surface area contributed by atoms with E-state index in [-0.39, 0.29) is 11.9 Å². The molecule has 21 heavy (non-hydrogen) atoms. The Hall–Kier alpha value is -1.39. The molecule has 2 aliphatic heterocycles. The second-order valence-electron chi connectivity index (χ2n) is 6.48. The van der Waals surface area contributed by atoms with Gasteiger partial charge in [0.05, 0.1) is 0 Å². The topological polar surface area (TPSA) is 44.4 Å². The van der Waals surface area contributed by atoms with Crippen LogP contribution >= 0.6 is 0 Å². The molecule has 0 aromatic heterocycles. The molecular weight excluding hydrogens is 262 g/mol. The van der Waals surface area contributed by atoms with Crippen molar-refractivity contribution < 1.29 is 4.79 Å². The maximum Gasteiger partial charge on any atom is 0.241 e. The van der Waals surface area contributed by atoms with Crippen LogP contribution in [0, 0.1) is 5.92 Å². The summed E-state index contributed by atoms with van der Waals surface area (Å²) in [6, 6.07) is 8.38. The van der Waals surface area contributed by atoms with Gasteiger partial charge in [-0.25, -0.2) is 0 Å². The van der Waals surface area contributed by atoms with Crippen molar-refractivity contribution in [1.29, 1.82) is 0 Å². The van der Waals surface area contributed by atoms with E-state index in [0.29, 0.717) is 12.0 Å². The van der Waals surface area contributed by atoms with Crippen molar-refractivity contribution >= 4 is 5.91 Å². The van der Waals surface area contributed by atoms with Gasteiger partial charge in [-0.15, -0.1) is 0 Å². The molecule has 0 spiro atoms. The molecule has 0 radical (unpaired) electrons. The van der Waals surface area contributed by atoms with E-state index < -0.39 is 0 Å². The quantitative estimate of drug-likeness (QED) is 0.862. The molecule has 2 N–H and O–H groups in total. The third kappa shape index (κ3) is 3.11. The maximum absolute atomic E-state index is 12.7. The van der Waals surface area contributed by atoms with Gasteiger partial charge in [-0.3, -0.25) is 4.79 Å². The molecule has 1 aromatic rings. The normalized spacial score (nSPS) is 29.7. The lowest BCUT2D eigenvalue weighted by Crippen LogP contribution is -2.52. The van der Waals surface area contributed by atoms with Crippen LogP contribution in [0.2, 0.25) is 0 Å². The van der Waals surface area contributed by atoms with Crippen LogP contribution in [0.25, 0.3) is 0 Å². The Morgan fingerprint density at radius 1 is 1.38 bits per heavy atom. The van der Waals surface area contributed by atoms with Gasteiger partial charge in [-0.2, -0.15) is 0 Å². The molecule has 3 atom stereocenters. The summed E-state index contributed by atoms with van der Waals surface area (Å²) in [4.78, 5) is 15.0. The van der Waals surface area contributed by atoms with Gasteiger partial charge in [0.2, 0.25) is 5.91 Å². The van der Waals surface area contributed by atoms with Gasteiger partial charge in [0.25, 0.3) is 0 Å². The zero-order valence-corrected chi connectivity index (χ0v) is 12.9. The SMILES string of the molecule is CC1CN(C)CCC1NC(=O)C1NCCc2ccccc21. The van der Waals surface area contributed by atoms with Crippen molar-refractivity contribution in [2.45, 2.75) is 31.8 Å². The van der Waals surface area contributed by atoms with Crippen LogP contribution in [0.3, 0.4) is 0 Å². The summed E-state index contributed by atoms with van der Waals surface area (Å²) < 4.78 is 0. The number of rotatable bonds is 2. The van der Waals surface area contributed by atoms with Gasteiger partial charge in [0.15, 0.2) is 0 Å². The lowest BCUT2D eigenvalue weighted by molar-refractivity contribution is -0.124. The number of fused-ring (bicyclic) bond motifs is 1. The minimum Gasteiger partial charge on any atom is -0.351 e. The molecule has 0 saturated carbocycles. The highest BCUT2D eigenvalue weighted by Crippen LogP contribution is 2.24. The van der Waals surface area contributed by atoms with Crippen molar-refractivity contribution in [3.63, 3.8) is 0 Å². The fraction of sp³-hybridized carbons (Fsp3) is 0.588. The highest BCUT2D eigenvalue weighted by atomic mass is 16.2. The van der Waals surface area contributed by atoms with E-state index in [1.165, 1.54) is 5.56 Å². The van der Waals surface area contributed by atoms with E-state index in [0.717, 1.165) is 38.0 Å². The van der Waals surface area contributed by atoms with E-state index in [2.05, 4.69) is 47.7 Å². The van der Waals surface area contributed by atoms with E-state index in [4.69, 9.17) is 0 Å². The van der Waals surface area contributed by atoms with E-state index in [1.54, 1.807) is 0 Å². The summed E-state index contributed by atoms with van der Waals surface area (Å²) in [6.07, 6.45) is 2.04. The lowest BCUT2D eigenvalue weighted by Gasteiger charge is -2.36. The second kappa shape index (κ2) is 6.16. The Morgan fingerprint density at radius 3 is 3.00 bits per heavy atom. The largest absolute Gasteiger partial charge is 0.351 e. The molecule has 114 valence electrons. The van der Waals surface area contributed by atoms with E-state index in [1.807, 2.05) is 6.07 Å². The molecule has 1 fully saturated rings. The molecule has 0 aliphatic carbocycles. The van der Waals surface area contributed by atoms with Crippen LogP contribution in [0.5, 0.6) is 0 Å². The van der Waals surface area contributed by atoms with Crippen LogP contribution in [-0.2, 0) is 11.2 Å². The molecule has 1 amide bonds. The Kier molecular flexibility index (Phi) is 4.27. The van der Waals surface area contributed by atoms with Crippen molar-refractivity contribution in [1.82, 2.24) is 15.5 Å². The van der Waals surface area contributed by atoms with Crippen LogP contribution in [0.1, 0.15) is 30.5 Å². The Morgan fingerprint density at radius 2 is 2.19 bits per heavy atom. The Bertz CT molecular complexity index is 517. The summed E-state index contributed by atoms with van der Waals surface area (Å²) in [5, 5.41) is 6.64. The number of carbonyl (C=O) groups excluding carboxylic acids is 1. The van der Waals surface area contributed by atoms with Gasteiger partial charge >= 0.3 is 0 Å². The number of piperidine rings is 1. The maximum atomic E-state index is 12.7. The number of hydrogen-bond donors (Lipinski definition) is 2. The third-order valence-corrected chi connectivity index (χ3v) is 4.81.